The fraction of sp³-hybridized carbons (Fsp3) is 0.733. The van der Waals surface area contributed by atoms with Crippen LogP contribution in [0.5, 0.6) is 0 Å². The predicted octanol–water partition coefficient (Wildman–Crippen LogP) is 1.08. The first-order valence-corrected chi connectivity index (χ1v) is 7.34. The minimum atomic E-state index is -0.0607. The highest BCUT2D eigenvalue weighted by atomic mass is 16.2. The van der Waals surface area contributed by atoms with Gasteiger partial charge in [0, 0.05) is 45.8 Å². The van der Waals surface area contributed by atoms with Gasteiger partial charge < -0.3 is 10.2 Å². The minimum Gasteiger partial charge on any atom is -0.359 e. The Balaban J connectivity index is 4.19. The molecule has 0 aromatic carbocycles. The summed E-state index contributed by atoms with van der Waals surface area (Å²) in [4.78, 5) is 46.8. The molecule has 2 amide bonds. The summed E-state index contributed by atoms with van der Waals surface area (Å²) in [6.07, 6.45) is 2.64. The predicted molar refractivity (Wildman–Crippen MR) is 79.7 cm³/mol. The van der Waals surface area contributed by atoms with Gasteiger partial charge in [0.1, 0.15) is 11.6 Å². The van der Waals surface area contributed by atoms with Crippen molar-refractivity contribution in [1.82, 2.24) is 10.2 Å². The third-order valence-corrected chi connectivity index (χ3v) is 3.14. The Labute approximate surface area is 126 Å². The molecule has 6 heteroatoms. The monoisotopic (exact) mass is 298 g/mol. The second-order valence-corrected chi connectivity index (χ2v) is 5.17. The quantitative estimate of drug-likeness (QED) is 0.579. The average Bonchev–Trinajstić information content (AvgIpc) is 2.42. The van der Waals surface area contributed by atoms with Gasteiger partial charge in [0.25, 0.3) is 0 Å². The second kappa shape index (κ2) is 11.0. The van der Waals surface area contributed by atoms with Crippen molar-refractivity contribution in [2.75, 3.05) is 20.1 Å². The minimum absolute atomic E-state index is 0.0234. The van der Waals surface area contributed by atoms with Gasteiger partial charge in [-0.05, 0) is 26.7 Å². The second-order valence-electron chi connectivity index (χ2n) is 5.17. The Hall–Kier alpha value is -1.72. The number of nitrogens with zero attached hydrogens (tertiary/aromatic N) is 1. The highest BCUT2D eigenvalue weighted by molar-refractivity contribution is 5.80. The number of unbranched alkanes of at least 4 members (excludes halogenated alkanes) is 1. The van der Waals surface area contributed by atoms with Gasteiger partial charge in [-0.2, -0.15) is 0 Å². The van der Waals surface area contributed by atoms with Crippen molar-refractivity contribution in [1.29, 1.82) is 0 Å². The SMILES string of the molecule is CNC(=O)CCCCC(=O)N(CCC(C)=O)CCC(C)=O. The standard InChI is InChI=1S/C15H26N2O4/c1-12(18)8-10-17(11-9-13(2)19)15(21)7-5-4-6-14(20)16-3/h4-11H2,1-3H3,(H,16,20). The van der Waals surface area contributed by atoms with Gasteiger partial charge in [0.15, 0.2) is 0 Å². The fourth-order valence-electron chi connectivity index (χ4n) is 1.79. The van der Waals surface area contributed by atoms with Crippen LogP contribution < -0.4 is 5.32 Å². The summed E-state index contributed by atoms with van der Waals surface area (Å²) in [5.41, 5.74) is 0. The van der Waals surface area contributed by atoms with Gasteiger partial charge in [0.05, 0.1) is 0 Å². The lowest BCUT2D eigenvalue weighted by Crippen LogP contribution is -2.34. The molecule has 21 heavy (non-hydrogen) atoms. The number of carbonyl (C=O) groups is 4. The summed E-state index contributed by atoms with van der Waals surface area (Å²) in [7, 11) is 1.58. The van der Waals surface area contributed by atoms with E-state index in [0.717, 1.165) is 0 Å². The maximum absolute atomic E-state index is 12.1. The van der Waals surface area contributed by atoms with Crippen LogP contribution in [0.3, 0.4) is 0 Å². The van der Waals surface area contributed by atoms with Gasteiger partial charge in [-0.25, -0.2) is 0 Å². The van der Waals surface area contributed by atoms with E-state index in [1.165, 1.54) is 13.8 Å². The maximum atomic E-state index is 12.1. The number of carbonyl (C=O) groups excluding carboxylic acids is 4. The van der Waals surface area contributed by atoms with E-state index in [0.29, 0.717) is 51.6 Å². The molecule has 0 bridgehead atoms. The van der Waals surface area contributed by atoms with Crippen LogP contribution in [0.15, 0.2) is 0 Å². The molecule has 0 saturated heterocycles. The zero-order valence-corrected chi connectivity index (χ0v) is 13.2. The molecule has 0 atom stereocenters. The van der Waals surface area contributed by atoms with Crippen molar-refractivity contribution >= 4 is 23.4 Å². The van der Waals surface area contributed by atoms with Gasteiger partial charge in [0.2, 0.25) is 11.8 Å². The van der Waals surface area contributed by atoms with Crippen LogP contribution in [0.25, 0.3) is 0 Å². The van der Waals surface area contributed by atoms with E-state index in [4.69, 9.17) is 0 Å². The highest BCUT2D eigenvalue weighted by Crippen LogP contribution is 2.06. The number of nitrogens with one attached hydrogen (secondary N) is 1. The van der Waals surface area contributed by atoms with E-state index < -0.39 is 0 Å². The molecule has 0 aliphatic rings. The van der Waals surface area contributed by atoms with Crippen LogP contribution in [0.1, 0.15) is 52.4 Å². The molecule has 0 saturated carbocycles. The lowest BCUT2D eigenvalue weighted by atomic mass is 10.1. The smallest absolute Gasteiger partial charge is 0.222 e. The Morgan fingerprint density at radius 1 is 0.810 bits per heavy atom. The Bertz CT molecular complexity index is 362. The first-order valence-electron chi connectivity index (χ1n) is 7.34. The van der Waals surface area contributed by atoms with E-state index in [9.17, 15) is 19.2 Å². The summed E-state index contributed by atoms with van der Waals surface area (Å²) in [5.74, 6) is -0.0487. The molecule has 0 spiro atoms. The molecule has 0 heterocycles. The summed E-state index contributed by atoms with van der Waals surface area (Å²) in [6.45, 7) is 3.68. The lowest BCUT2D eigenvalue weighted by molar-refractivity contribution is -0.132. The molecule has 0 fully saturated rings. The van der Waals surface area contributed by atoms with Crippen molar-refractivity contribution in [3.05, 3.63) is 0 Å². The molecule has 0 aromatic heterocycles. The summed E-state index contributed by atoms with van der Waals surface area (Å²) >= 11 is 0. The van der Waals surface area contributed by atoms with E-state index >= 15 is 0 Å². The molecule has 0 aliphatic heterocycles. The fourth-order valence-corrected chi connectivity index (χ4v) is 1.79. The average molecular weight is 298 g/mol. The molecular weight excluding hydrogens is 272 g/mol. The number of hydrogen-bond acceptors (Lipinski definition) is 4. The molecular formula is C15H26N2O4. The molecule has 120 valence electrons. The number of rotatable bonds is 11. The molecule has 6 nitrogen and oxygen atoms in total. The van der Waals surface area contributed by atoms with Crippen molar-refractivity contribution < 1.29 is 19.2 Å². The van der Waals surface area contributed by atoms with Crippen molar-refractivity contribution in [3.8, 4) is 0 Å². The Morgan fingerprint density at radius 3 is 1.71 bits per heavy atom. The van der Waals surface area contributed by atoms with Crippen LogP contribution in [0.2, 0.25) is 0 Å². The van der Waals surface area contributed by atoms with Gasteiger partial charge in [-0.15, -0.1) is 0 Å². The van der Waals surface area contributed by atoms with E-state index in [-0.39, 0.29) is 23.4 Å². The van der Waals surface area contributed by atoms with Crippen molar-refractivity contribution in [3.63, 3.8) is 0 Å². The van der Waals surface area contributed by atoms with Crippen LogP contribution in [0.4, 0.5) is 0 Å². The first-order chi connectivity index (χ1) is 9.86. The zero-order chi connectivity index (χ0) is 16.3. The normalized spacial score (nSPS) is 10.0. The molecule has 0 rings (SSSR count). The largest absolute Gasteiger partial charge is 0.359 e. The topological polar surface area (TPSA) is 83.6 Å². The van der Waals surface area contributed by atoms with Crippen LogP contribution in [-0.4, -0.2) is 48.4 Å². The van der Waals surface area contributed by atoms with Crippen molar-refractivity contribution in [2.24, 2.45) is 0 Å². The van der Waals surface area contributed by atoms with E-state index in [1.54, 1.807) is 11.9 Å². The van der Waals surface area contributed by atoms with Crippen molar-refractivity contribution in [2.45, 2.75) is 52.4 Å². The van der Waals surface area contributed by atoms with E-state index in [1.807, 2.05) is 0 Å². The Morgan fingerprint density at radius 2 is 1.29 bits per heavy atom. The molecule has 1 N–H and O–H groups in total. The van der Waals surface area contributed by atoms with Gasteiger partial charge >= 0.3 is 0 Å². The third kappa shape index (κ3) is 10.7. The summed E-state index contributed by atoms with van der Waals surface area (Å²) in [5, 5.41) is 2.53. The maximum Gasteiger partial charge on any atom is 0.222 e. The Kier molecular flexibility index (Phi) is 10.1. The van der Waals surface area contributed by atoms with Crippen LogP contribution in [0, 0.1) is 0 Å². The molecule has 0 radical (unpaired) electrons. The lowest BCUT2D eigenvalue weighted by Gasteiger charge is -2.21. The number of hydrogen-bond donors (Lipinski definition) is 1. The van der Waals surface area contributed by atoms with Crippen LogP contribution >= 0.6 is 0 Å². The van der Waals surface area contributed by atoms with Crippen LogP contribution in [-0.2, 0) is 19.2 Å². The molecule has 0 aromatic rings. The number of amides is 2. The van der Waals surface area contributed by atoms with Gasteiger partial charge in [-0.3, -0.25) is 19.2 Å². The van der Waals surface area contributed by atoms with E-state index in [2.05, 4.69) is 5.32 Å². The molecule has 0 aliphatic carbocycles. The zero-order valence-electron chi connectivity index (χ0n) is 13.2. The highest BCUT2D eigenvalue weighted by Gasteiger charge is 2.14. The third-order valence-electron chi connectivity index (χ3n) is 3.14. The number of Topliss-reactive ketones (excluding diaryl/α,β-unsaturated/α-hetero) is 2. The first kappa shape index (κ1) is 19.3. The summed E-state index contributed by atoms with van der Waals surface area (Å²) in [6, 6.07) is 0. The molecule has 0 unspecified atom stereocenters. The summed E-state index contributed by atoms with van der Waals surface area (Å²) < 4.78 is 0. The number of ketones is 2. The van der Waals surface area contributed by atoms with Gasteiger partial charge in [-0.1, -0.05) is 0 Å².